The number of amides is 1. The summed E-state index contributed by atoms with van der Waals surface area (Å²) in [5.74, 6) is 1.81. The average molecular weight is 360 g/mol. The molecule has 2 saturated heterocycles. The molecule has 0 bridgehead atoms. The zero-order valence-electron chi connectivity index (χ0n) is 15.4. The number of morpholine rings is 1. The van der Waals surface area contributed by atoms with Crippen molar-refractivity contribution in [3.63, 3.8) is 0 Å². The fraction of sp³-hybridized carbons (Fsp3) is 0.722. The number of hydrogen-bond acceptors (Lipinski definition) is 7. The average Bonchev–Trinajstić information content (AvgIpc) is 3.52. The lowest BCUT2D eigenvalue weighted by molar-refractivity contribution is -0.123. The topological polar surface area (TPSA) is 82.6 Å². The second kappa shape index (κ2) is 7.75. The molecule has 1 aromatic heterocycles. The minimum absolute atomic E-state index is 0.107. The van der Waals surface area contributed by atoms with Gasteiger partial charge >= 0.3 is 0 Å². The Morgan fingerprint density at radius 1 is 1.27 bits per heavy atom. The van der Waals surface area contributed by atoms with Crippen LogP contribution in [0.25, 0.3) is 0 Å². The number of nitrogens with zero attached hydrogens (tertiary/aromatic N) is 4. The van der Waals surface area contributed by atoms with Gasteiger partial charge in [-0.2, -0.15) is 4.98 Å². The monoisotopic (exact) mass is 360 g/mol. The summed E-state index contributed by atoms with van der Waals surface area (Å²) in [4.78, 5) is 26.3. The summed E-state index contributed by atoms with van der Waals surface area (Å²) >= 11 is 0. The van der Waals surface area contributed by atoms with Crippen LogP contribution < -0.4 is 20.4 Å². The summed E-state index contributed by atoms with van der Waals surface area (Å²) in [6.45, 7) is 7.44. The van der Waals surface area contributed by atoms with E-state index in [4.69, 9.17) is 14.7 Å². The quantitative estimate of drug-likeness (QED) is 0.761. The molecule has 1 aliphatic carbocycles. The number of hydrogen-bond donors (Lipinski definition) is 2. The largest absolute Gasteiger partial charge is 0.378 e. The van der Waals surface area contributed by atoms with Crippen LogP contribution in [0.4, 0.5) is 11.8 Å². The number of carbonyl (C=O) groups excluding carboxylic acids is 1. The molecule has 1 saturated carbocycles. The van der Waals surface area contributed by atoms with Gasteiger partial charge in [0.15, 0.2) is 0 Å². The first-order valence-corrected chi connectivity index (χ1v) is 9.72. The van der Waals surface area contributed by atoms with Crippen molar-refractivity contribution < 1.29 is 9.53 Å². The lowest BCUT2D eigenvalue weighted by Crippen LogP contribution is -2.57. The molecule has 2 N–H and O–H groups in total. The molecule has 3 fully saturated rings. The first-order chi connectivity index (χ1) is 12.7. The number of carbonyl (C=O) groups is 1. The third-order valence-electron chi connectivity index (χ3n) is 5.15. The van der Waals surface area contributed by atoms with Crippen LogP contribution >= 0.6 is 0 Å². The molecule has 1 aromatic rings. The molecule has 0 radical (unpaired) electrons. The van der Waals surface area contributed by atoms with Crippen molar-refractivity contribution in [2.75, 3.05) is 55.7 Å². The Balaban J connectivity index is 1.50. The molecular formula is C18H28N6O2. The van der Waals surface area contributed by atoms with Crippen molar-refractivity contribution in [3.8, 4) is 0 Å². The van der Waals surface area contributed by atoms with Gasteiger partial charge < -0.3 is 25.2 Å². The number of ether oxygens (including phenoxy) is 1. The summed E-state index contributed by atoms with van der Waals surface area (Å²) in [5.41, 5.74) is 1.04. The van der Waals surface area contributed by atoms with Gasteiger partial charge in [-0.1, -0.05) is 6.92 Å². The van der Waals surface area contributed by atoms with Crippen molar-refractivity contribution in [1.29, 1.82) is 0 Å². The van der Waals surface area contributed by atoms with Gasteiger partial charge in [-0.25, -0.2) is 4.98 Å². The third-order valence-corrected chi connectivity index (χ3v) is 5.15. The maximum absolute atomic E-state index is 12.4. The Bertz CT molecular complexity index is 645. The molecule has 4 rings (SSSR count). The molecule has 8 heteroatoms. The van der Waals surface area contributed by atoms with Crippen molar-refractivity contribution >= 4 is 17.7 Å². The van der Waals surface area contributed by atoms with Crippen LogP contribution in [0.2, 0.25) is 0 Å². The van der Waals surface area contributed by atoms with Gasteiger partial charge in [0.1, 0.15) is 11.9 Å². The predicted octanol–water partition coefficient (Wildman–Crippen LogP) is -0.0676. The van der Waals surface area contributed by atoms with Gasteiger partial charge in [0.25, 0.3) is 0 Å². The van der Waals surface area contributed by atoms with Gasteiger partial charge in [0.2, 0.25) is 11.9 Å². The van der Waals surface area contributed by atoms with Crippen LogP contribution in [-0.2, 0) is 16.0 Å². The fourth-order valence-corrected chi connectivity index (χ4v) is 3.38. The molecule has 8 nitrogen and oxygen atoms in total. The van der Waals surface area contributed by atoms with E-state index in [0.717, 1.165) is 62.9 Å². The van der Waals surface area contributed by atoms with E-state index in [2.05, 4.69) is 33.4 Å². The molecule has 26 heavy (non-hydrogen) atoms. The van der Waals surface area contributed by atoms with E-state index >= 15 is 0 Å². The Hall–Kier alpha value is -1.93. The Morgan fingerprint density at radius 2 is 2.08 bits per heavy atom. The van der Waals surface area contributed by atoms with E-state index < -0.39 is 0 Å². The Labute approximate surface area is 154 Å². The molecule has 3 heterocycles. The first-order valence-electron chi connectivity index (χ1n) is 9.72. The highest BCUT2D eigenvalue weighted by molar-refractivity contribution is 5.83. The van der Waals surface area contributed by atoms with Gasteiger partial charge in [0, 0.05) is 50.5 Å². The SMILES string of the molecule is CCc1cc(N2CCN[C@@H](C(=O)NC3CC3)C2)nc(N2CCOCC2)n1. The zero-order valence-corrected chi connectivity index (χ0v) is 15.4. The van der Waals surface area contributed by atoms with Crippen LogP contribution in [0.3, 0.4) is 0 Å². The molecular weight excluding hydrogens is 332 g/mol. The molecule has 1 amide bonds. The van der Waals surface area contributed by atoms with Gasteiger partial charge in [-0.05, 0) is 19.3 Å². The Kier molecular flexibility index (Phi) is 5.21. The van der Waals surface area contributed by atoms with Crippen molar-refractivity contribution in [1.82, 2.24) is 20.6 Å². The third kappa shape index (κ3) is 4.07. The standard InChI is InChI=1S/C18H28N6O2/c1-2-13-11-16(22-18(21-13)23-7-9-26-10-8-23)24-6-5-19-15(12-24)17(25)20-14-3-4-14/h11,14-15,19H,2-10,12H2,1H3,(H,20,25)/t15-/m1/s1. The van der Waals surface area contributed by atoms with E-state index in [-0.39, 0.29) is 11.9 Å². The van der Waals surface area contributed by atoms with Crippen LogP contribution in [0.15, 0.2) is 6.07 Å². The number of anilines is 2. The number of piperazine rings is 1. The maximum Gasteiger partial charge on any atom is 0.239 e. The maximum atomic E-state index is 12.4. The highest BCUT2D eigenvalue weighted by atomic mass is 16.5. The molecule has 142 valence electrons. The summed E-state index contributed by atoms with van der Waals surface area (Å²) in [5, 5.41) is 6.43. The normalized spacial score (nSPS) is 23.8. The van der Waals surface area contributed by atoms with E-state index in [0.29, 0.717) is 25.8 Å². The van der Waals surface area contributed by atoms with Crippen molar-refractivity contribution in [2.24, 2.45) is 0 Å². The summed E-state index contributed by atoms with van der Waals surface area (Å²) in [6, 6.07) is 2.26. The van der Waals surface area contributed by atoms with Gasteiger partial charge in [-0.3, -0.25) is 4.79 Å². The van der Waals surface area contributed by atoms with Crippen LogP contribution in [0, 0.1) is 0 Å². The lowest BCUT2D eigenvalue weighted by Gasteiger charge is -2.35. The van der Waals surface area contributed by atoms with E-state index in [1.807, 2.05) is 0 Å². The summed E-state index contributed by atoms with van der Waals surface area (Å²) in [7, 11) is 0. The highest BCUT2D eigenvalue weighted by Crippen LogP contribution is 2.21. The molecule has 3 aliphatic rings. The van der Waals surface area contributed by atoms with Crippen LogP contribution in [-0.4, -0.2) is 73.9 Å². The van der Waals surface area contributed by atoms with E-state index in [1.54, 1.807) is 0 Å². The van der Waals surface area contributed by atoms with E-state index in [9.17, 15) is 4.79 Å². The number of aromatic nitrogens is 2. The van der Waals surface area contributed by atoms with Gasteiger partial charge in [0.05, 0.1) is 13.2 Å². The summed E-state index contributed by atoms with van der Waals surface area (Å²) in [6.07, 6.45) is 3.08. The van der Waals surface area contributed by atoms with Crippen LogP contribution in [0.1, 0.15) is 25.5 Å². The van der Waals surface area contributed by atoms with Crippen molar-refractivity contribution in [3.05, 3.63) is 11.8 Å². The number of nitrogens with one attached hydrogen (secondary N) is 2. The lowest BCUT2D eigenvalue weighted by atomic mass is 10.2. The second-order valence-electron chi connectivity index (χ2n) is 7.21. The van der Waals surface area contributed by atoms with Gasteiger partial charge in [-0.15, -0.1) is 0 Å². The minimum Gasteiger partial charge on any atom is -0.378 e. The zero-order chi connectivity index (χ0) is 17.9. The molecule has 0 spiro atoms. The smallest absolute Gasteiger partial charge is 0.239 e. The molecule has 2 aliphatic heterocycles. The molecule has 1 atom stereocenters. The number of aryl methyl sites for hydroxylation is 1. The minimum atomic E-state index is -0.184. The van der Waals surface area contributed by atoms with E-state index in [1.165, 1.54) is 0 Å². The highest BCUT2D eigenvalue weighted by Gasteiger charge is 2.31. The van der Waals surface area contributed by atoms with Crippen molar-refractivity contribution in [2.45, 2.75) is 38.3 Å². The summed E-state index contributed by atoms with van der Waals surface area (Å²) < 4.78 is 5.44. The predicted molar refractivity (Wildman–Crippen MR) is 99.6 cm³/mol. The first kappa shape index (κ1) is 17.5. The van der Waals surface area contributed by atoms with Crippen LogP contribution in [0.5, 0.6) is 0 Å². The number of rotatable bonds is 5. The molecule has 0 aromatic carbocycles. The second-order valence-corrected chi connectivity index (χ2v) is 7.21. The molecule has 0 unspecified atom stereocenters. The fourth-order valence-electron chi connectivity index (χ4n) is 3.38. The Morgan fingerprint density at radius 3 is 2.81 bits per heavy atom.